The molecule has 35 heavy (non-hydrogen) atoms. The second-order valence-electron chi connectivity index (χ2n) is 10.6. The Bertz CT molecular complexity index is 1020. The first-order chi connectivity index (χ1) is 16.6. The molecule has 2 bridgehead atoms. The minimum atomic E-state index is -1.22. The zero-order valence-electron chi connectivity index (χ0n) is 20.9. The van der Waals surface area contributed by atoms with Crippen LogP contribution in [0.2, 0.25) is 0 Å². The molecule has 6 atom stereocenters. The van der Waals surface area contributed by atoms with E-state index in [4.69, 9.17) is 4.74 Å². The number of likely N-dealkylation sites (tertiary alicyclic amines) is 1. The summed E-state index contributed by atoms with van der Waals surface area (Å²) in [6.07, 6.45) is 2.45. The summed E-state index contributed by atoms with van der Waals surface area (Å²) in [6, 6.07) is 4.14. The molecule has 2 N–H and O–H groups in total. The van der Waals surface area contributed by atoms with Gasteiger partial charge in [-0.1, -0.05) is 38.1 Å². The fourth-order valence-corrected chi connectivity index (χ4v) is 6.67. The fourth-order valence-electron chi connectivity index (χ4n) is 6.67. The number of carboxylic acid groups (broad SMARTS) is 1. The molecule has 190 valence electrons. The number of aryl methyl sites for hydroxylation is 2. The van der Waals surface area contributed by atoms with Gasteiger partial charge in [0.2, 0.25) is 5.91 Å². The van der Waals surface area contributed by atoms with Crippen LogP contribution in [0.3, 0.4) is 0 Å². The van der Waals surface area contributed by atoms with Crippen molar-refractivity contribution in [1.29, 1.82) is 0 Å². The van der Waals surface area contributed by atoms with Crippen LogP contribution in [0.5, 0.6) is 0 Å². The molecule has 3 fully saturated rings. The smallest absolute Gasteiger partial charge is 0.310 e. The molecule has 0 saturated carbocycles. The highest BCUT2D eigenvalue weighted by Gasteiger charge is 2.75. The summed E-state index contributed by atoms with van der Waals surface area (Å²) >= 11 is 0. The summed E-state index contributed by atoms with van der Waals surface area (Å²) in [6.45, 7) is 11.6. The molecule has 0 aromatic heterocycles. The first-order valence-electron chi connectivity index (χ1n) is 12.4. The van der Waals surface area contributed by atoms with Crippen LogP contribution in [0.4, 0.5) is 5.69 Å². The van der Waals surface area contributed by atoms with Crippen molar-refractivity contribution in [3.63, 3.8) is 0 Å². The molecule has 4 rings (SSSR count). The van der Waals surface area contributed by atoms with E-state index >= 15 is 0 Å². The van der Waals surface area contributed by atoms with E-state index < -0.39 is 47.5 Å². The Kier molecular flexibility index (Phi) is 6.81. The number of aliphatic carboxylic acids is 1. The number of fused-ring (bicyclic) bond motifs is 1. The van der Waals surface area contributed by atoms with E-state index in [0.717, 1.165) is 16.8 Å². The minimum Gasteiger partial charge on any atom is -0.481 e. The standard InChI is InChI=1S/C27H36N2O6/c1-6-12-28(22-16(4)8-7-9-17(22)5)25(32)23-27-11-10-19(35-27)20(26(33)34)21(27)24(31)29(23)18(14-30)13-15(2)3/h6-9,15,18-21,23,30H,1,10-14H2,2-5H3,(H,33,34)/t18-,19-,20+,21+,23-,27+/m1/s1. The van der Waals surface area contributed by atoms with E-state index in [0.29, 0.717) is 19.3 Å². The molecule has 0 radical (unpaired) electrons. The van der Waals surface area contributed by atoms with Crippen LogP contribution in [-0.4, -0.2) is 69.8 Å². The number of benzene rings is 1. The summed E-state index contributed by atoms with van der Waals surface area (Å²) in [4.78, 5) is 43.7. The first kappa shape index (κ1) is 25.4. The number of rotatable bonds is 9. The highest BCUT2D eigenvalue weighted by atomic mass is 16.5. The Morgan fingerprint density at radius 2 is 1.97 bits per heavy atom. The van der Waals surface area contributed by atoms with Gasteiger partial charge < -0.3 is 24.7 Å². The highest BCUT2D eigenvalue weighted by molar-refractivity contribution is 6.05. The SMILES string of the molecule is C=CCN(C(=O)[C@H]1N([C@@H](CO)CC(C)C)C(=O)[C@@H]2[C@@H](C(=O)O)[C@H]3CC[C@]21O3)c1c(C)cccc1C. The van der Waals surface area contributed by atoms with E-state index in [1.807, 2.05) is 45.9 Å². The predicted molar refractivity (Wildman–Crippen MR) is 131 cm³/mol. The Morgan fingerprint density at radius 3 is 2.51 bits per heavy atom. The number of hydrogen-bond donors (Lipinski definition) is 2. The molecular formula is C27H36N2O6. The lowest BCUT2D eigenvalue weighted by Gasteiger charge is -2.40. The first-order valence-corrected chi connectivity index (χ1v) is 12.4. The summed E-state index contributed by atoms with van der Waals surface area (Å²) in [5.41, 5.74) is 1.34. The van der Waals surface area contributed by atoms with Crippen molar-refractivity contribution in [3.8, 4) is 0 Å². The molecule has 3 saturated heterocycles. The quantitative estimate of drug-likeness (QED) is 0.522. The number of amides is 2. The second kappa shape index (κ2) is 9.39. The lowest BCUT2D eigenvalue weighted by atomic mass is 9.70. The number of para-hydroxylation sites is 1. The molecule has 3 aliphatic heterocycles. The molecule has 8 heteroatoms. The van der Waals surface area contributed by atoms with Gasteiger partial charge in [0.25, 0.3) is 5.91 Å². The number of ether oxygens (including phenoxy) is 1. The van der Waals surface area contributed by atoms with Crippen molar-refractivity contribution in [1.82, 2.24) is 4.90 Å². The van der Waals surface area contributed by atoms with E-state index in [-0.39, 0.29) is 25.0 Å². The molecule has 1 aromatic rings. The van der Waals surface area contributed by atoms with Crippen molar-refractivity contribution in [2.24, 2.45) is 17.8 Å². The summed E-state index contributed by atoms with van der Waals surface area (Å²) in [5, 5.41) is 20.3. The summed E-state index contributed by atoms with van der Waals surface area (Å²) < 4.78 is 6.32. The number of aliphatic hydroxyl groups excluding tert-OH is 1. The Hall–Kier alpha value is -2.71. The Labute approximate surface area is 206 Å². The van der Waals surface area contributed by atoms with Gasteiger partial charge >= 0.3 is 5.97 Å². The van der Waals surface area contributed by atoms with Crippen LogP contribution in [0.1, 0.15) is 44.2 Å². The third kappa shape index (κ3) is 3.87. The van der Waals surface area contributed by atoms with Crippen molar-refractivity contribution in [2.45, 2.75) is 70.7 Å². The number of carbonyl (C=O) groups is 3. The van der Waals surface area contributed by atoms with E-state index in [2.05, 4.69) is 6.58 Å². The topological polar surface area (TPSA) is 107 Å². The molecule has 2 amide bonds. The molecule has 3 aliphatic rings. The van der Waals surface area contributed by atoms with Crippen molar-refractivity contribution >= 4 is 23.5 Å². The average molecular weight is 485 g/mol. The van der Waals surface area contributed by atoms with Crippen LogP contribution in [-0.2, 0) is 19.1 Å². The maximum absolute atomic E-state index is 14.5. The van der Waals surface area contributed by atoms with Gasteiger partial charge in [0.05, 0.1) is 30.6 Å². The number of carboxylic acids is 1. The minimum absolute atomic E-state index is 0.157. The van der Waals surface area contributed by atoms with Gasteiger partial charge in [-0.3, -0.25) is 14.4 Å². The zero-order valence-corrected chi connectivity index (χ0v) is 20.9. The molecular weight excluding hydrogens is 448 g/mol. The van der Waals surface area contributed by atoms with Gasteiger partial charge in [-0.25, -0.2) is 0 Å². The maximum atomic E-state index is 14.5. The van der Waals surface area contributed by atoms with Gasteiger partial charge in [0.15, 0.2) is 0 Å². The van der Waals surface area contributed by atoms with Gasteiger partial charge in [-0.05, 0) is 50.2 Å². The number of carbonyl (C=O) groups excluding carboxylic acids is 2. The van der Waals surface area contributed by atoms with Crippen LogP contribution in [0, 0.1) is 31.6 Å². The van der Waals surface area contributed by atoms with E-state index in [1.165, 1.54) is 4.90 Å². The third-order valence-electron chi connectivity index (χ3n) is 7.89. The number of nitrogens with zero attached hydrogens (tertiary/aromatic N) is 2. The van der Waals surface area contributed by atoms with E-state index in [9.17, 15) is 24.6 Å². The number of hydrogen-bond acceptors (Lipinski definition) is 5. The molecule has 0 aliphatic carbocycles. The van der Waals surface area contributed by atoms with Gasteiger partial charge in [-0.2, -0.15) is 0 Å². The lowest BCUT2D eigenvalue weighted by molar-refractivity contribution is -0.151. The second-order valence-corrected chi connectivity index (χ2v) is 10.6. The predicted octanol–water partition coefficient (Wildman–Crippen LogP) is 2.69. The maximum Gasteiger partial charge on any atom is 0.310 e. The van der Waals surface area contributed by atoms with Gasteiger partial charge in [0.1, 0.15) is 11.6 Å². The van der Waals surface area contributed by atoms with Crippen LogP contribution < -0.4 is 4.90 Å². The van der Waals surface area contributed by atoms with Crippen molar-refractivity contribution < 1.29 is 29.3 Å². The van der Waals surface area contributed by atoms with Crippen molar-refractivity contribution in [2.75, 3.05) is 18.1 Å². The number of aliphatic hydroxyl groups is 1. The molecule has 3 heterocycles. The Morgan fingerprint density at radius 1 is 1.31 bits per heavy atom. The summed E-state index contributed by atoms with van der Waals surface area (Å²) in [5.74, 6) is -3.60. The largest absolute Gasteiger partial charge is 0.481 e. The average Bonchev–Trinajstić information content (AvgIpc) is 3.43. The van der Waals surface area contributed by atoms with Crippen molar-refractivity contribution in [3.05, 3.63) is 42.0 Å². The monoisotopic (exact) mass is 484 g/mol. The molecule has 8 nitrogen and oxygen atoms in total. The number of anilines is 1. The van der Waals surface area contributed by atoms with Crippen LogP contribution >= 0.6 is 0 Å². The normalized spacial score (nSPS) is 30.0. The third-order valence-corrected chi connectivity index (χ3v) is 7.89. The zero-order chi connectivity index (χ0) is 25.7. The lowest BCUT2D eigenvalue weighted by Crippen LogP contribution is -2.59. The van der Waals surface area contributed by atoms with E-state index in [1.54, 1.807) is 11.0 Å². The fraction of sp³-hybridized carbons (Fsp3) is 0.593. The van der Waals surface area contributed by atoms with Gasteiger partial charge in [0, 0.05) is 12.2 Å². The van der Waals surface area contributed by atoms with Gasteiger partial charge in [-0.15, -0.1) is 6.58 Å². The molecule has 1 spiro atoms. The molecule has 1 aromatic carbocycles. The van der Waals surface area contributed by atoms with Crippen LogP contribution in [0.25, 0.3) is 0 Å². The Balaban J connectivity index is 1.87. The van der Waals surface area contributed by atoms with Crippen LogP contribution in [0.15, 0.2) is 30.9 Å². The summed E-state index contributed by atoms with van der Waals surface area (Å²) in [7, 11) is 0. The highest BCUT2D eigenvalue weighted by Crippen LogP contribution is 2.59. The molecule has 0 unspecified atom stereocenters.